The highest BCUT2D eigenvalue weighted by Gasteiger charge is 2.27. The van der Waals surface area contributed by atoms with Crippen LogP contribution in [0.5, 0.6) is 0 Å². The molecule has 1 fully saturated rings. The van der Waals surface area contributed by atoms with Gasteiger partial charge < -0.3 is 10.4 Å². The molecule has 2 N–H and O–H groups in total. The molecule has 1 aromatic carbocycles. The molecule has 0 amide bonds. The van der Waals surface area contributed by atoms with Crippen LogP contribution in [-0.2, 0) is 9.84 Å². The van der Waals surface area contributed by atoms with Gasteiger partial charge in [0.15, 0.2) is 9.84 Å². The molecule has 0 saturated carbocycles. The lowest BCUT2D eigenvalue weighted by Gasteiger charge is -2.13. The Kier molecular flexibility index (Phi) is 3.63. The van der Waals surface area contributed by atoms with Crippen molar-refractivity contribution in [2.75, 3.05) is 16.8 Å². The molecule has 0 bridgehead atoms. The predicted molar refractivity (Wildman–Crippen MR) is 71.8 cm³/mol. The molecule has 1 aliphatic heterocycles. The molecule has 0 aromatic heterocycles. The van der Waals surface area contributed by atoms with Crippen LogP contribution in [0.25, 0.3) is 0 Å². The second-order valence-corrected chi connectivity index (χ2v) is 7.33. The highest BCUT2D eigenvalue weighted by Crippen LogP contribution is 2.24. The van der Waals surface area contributed by atoms with Crippen molar-refractivity contribution in [3.05, 3.63) is 28.2 Å². The fourth-order valence-corrected chi connectivity index (χ4v) is 4.14. The molecule has 7 heteroatoms. The van der Waals surface area contributed by atoms with Crippen LogP contribution in [-0.4, -0.2) is 37.0 Å². The molecule has 1 heterocycles. The van der Waals surface area contributed by atoms with Gasteiger partial charge in [-0.1, -0.05) is 0 Å². The normalized spacial score (nSPS) is 21.7. The third kappa shape index (κ3) is 3.02. The summed E-state index contributed by atoms with van der Waals surface area (Å²) < 4.78 is 23.1. The maximum atomic E-state index is 11.3. The molecule has 98 valence electrons. The summed E-state index contributed by atoms with van der Waals surface area (Å²) in [6.45, 7) is 0. The Balaban J connectivity index is 2.12. The first kappa shape index (κ1) is 13.4. The summed E-state index contributed by atoms with van der Waals surface area (Å²) in [4.78, 5) is 10.8. The van der Waals surface area contributed by atoms with Crippen molar-refractivity contribution in [1.82, 2.24) is 0 Å². The van der Waals surface area contributed by atoms with Crippen molar-refractivity contribution < 1.29 is 18.3 Å². The zero-order valence-corrected chi connectivity index (χ0v) is 11.8. The van der Waals surface area contributed by atoms with Crippen LogP contribution in [0.4, 0.5) is 5.69 Å². The summed E-state index contributed by atoms with van der Waals surface area (Å²) in [5, 5.41) is 12.0. The van der Waals surface area contributed by atoms with Gasteiger partial charge in [0.25, 0.3) is 0 Å². The van der Waals surface area contributed by atoms with Gasteiger partial charge in [0.05, 0.1) is 17.1 Å². The number of sulfone groups is 1. The number of rotatable bonds is 3. The van der Waals surface area contributed by atoms with Crippen LogP contribution in [0, 0.1) is 0 Å². The minimum absolute atomic E-state index is 0.0995. The molecule has 5 nitrogen and oxygen atoms in total. The lowest BCUT2D eigenvalue weighted by Crippen LogP contribution is -2.20. The maximum Gasteiger partial charge on any atom is 0.336 e. The highest BCUT2D eigenvalue weighted by atomic mass is 79.9. The average Bonchev–Trinajstić information content (AvgIpc) is 2.57. The van der Waals surface area contributed by atoms with E-state index in [1.165, 1.54) is 6.07 Å². The minimum atomic E-state index is -2.92. The number of carboxylic acids is 1. The van der Waals surface area contributed by atoms with E-state index in [1.54, 1.807) is 12.1 Å². The number of anilines is 1. The Bertz CT molecular complexity index is 585. The second-order valence-electron chi connectivity index (χ2n) is 4.24. The van der Waals surface area contributed by atoms with Gasteiger partial charge in [0.1, 0.15) is 0 Å². The number of nitrogens with one attached hydrogen (secondary N) is 1. The first-order chi connectivity index (χ1) is 8.37. The first-order valence-electron chi connectivity index (χ1n) is 5.37. The molecular formula is C11H12BrNO4S. The van der Waals surface area contributed by atoms with E-state index in [-0.39, 0.29) is 23.1 Å². The number of hydrogen-bond acceptors (Lipinski definition) is 4. The lowest BCUT2D eigenvalue weighted by molar-refractivity contribution is 0.0696. The number of carbonyl (C=O) groups is 1. The Labute approximate surface area is 113 Å². The number of halogens is 1. The Morgan fingerprint density at radius 2 is 2.17 bits per heavy atom. The minimum Gasteiger partial charge on any atom is -0.478 e. The largest absolute Gasteiger partial charge is 0.478 e. The molecule has 1 saturated heterocycles. The number of aromatic carboxylic acids is 1. The van der Waals surface area contributed by atoms with E-state index in [0.29, 0.717) is 16.6 Å². The summed E-state index contributed by atoms with van der Waals surface area (Å²) in [7, 11) is -2.92. The van der Waals surface area contributed by atoms with Gasteiger partial charge >= 0.3 is 5.97 Å². The van der Waals surface area contributed by atoms with Crippen LogP contribution in [0.15, 0.2) is 22.7 Å². The Morgan fingerprint density at radius 1 is 1.44 bits per heavy atom. The monoisotopic (exact) mass is 333 g/mol. The van der Waals surface area contributed by atoms with Gasteiger partial charge in [-0.05, 0) is 40.5 Å². The van der Waals surface area contributed by atoms with E-state index in [4.69, 9.17) is 5.11 Å². The fourth-order valence-electron chi connectivity index (χ4n) is 1.92. The SMILES string of the molecule is O=C(O)c1ccc(NC2CCS(=O)(=O)C2)cc1Br. The van der Waals surface area contributed by atoms with Crippen molar-refractivity contribution in [2.24, 2.45) is 0 Å². The Morgan fingerprint density at radius 3 is 2.67 bits per heavy atom. The van der Waals surface area contributed by atoms with E-state index < -0.39 is 15.8 Å². The standard InChI is InChI=1S/C11H12BrNO4S/c12-10-5-7(1-2-9(10)11(14)15)13-8-3-4-18(16,17)6-8/h1-2,5,8,13H,3-4,6H2,(H,14,15). The fraction of sp³-hybridized carbons (Fsp3) is 0.364. The quantitative estimate of drug-likeness (QED) is 0.880. The molecule has 0 spiro atoms. The molecule has 2 rings (SSSR count). The summed E-state index contributed by atoms with van der Waals surface area (Å²) >= 11 is 3.18. The highest BCUT2D eigenvalue weighted by molar-refractivity contribution is 9.10. The maximum absolute atomic E-state index is 11.3. The molecule has 18 heavy (non-hydrogen) atoms. The summed E-state index contributed by atoms with van der Waals surface area (Å²) in [5.41, 5.74) is 0.897. The van der Waals surface area contributed by atoms with Crippen molar-refractivity contribution in [3.8, 4) is 0 Å². The smallest absolute Gasteiger partial charge is 0.336 e. The van der Waals surface area contributed by atoms with Gasteiger partial charge in [-0.15, -0.1) is 0 Å². The number of benzene rings is 1. The predicted octanol–water partition coefficient (Wildman–Crippen LogP) is 1.75. The lowest BCUT2D eigenvalue weighted by atomic mass is 10.2. The summed E-state index contributed by atoms with van der Waals surface area (Å²) in [6.07, 6.45) is 0.584. The van der Waals surface area contributed by atoms with Crippen LogP contribution in [0.2, 0.25) is 0 Å². The topological polar surface area (TPSA) is 83.5 Å². The first-order valence-corrected chi connectivity index (χ1v) is 7.98. The van der Waals surface area contributed by atoms with Crippen molar-refractivity contribution in [3.63, 3.8) is 0 Å². The van der Waals surface area contributed by atoms with Crippen molar-refractivity contribution in [2.45, 2.75) is 12.5 Å². The van der Waals surface area contributed by atoms with Crippen LogP contribution in [0.1, 0.15) is 16.8 Å². The Hall–Kier alpha value is -1.08. The molecule has 1 aliphatic rings. The number of hydrogen-bond donors (Lipinski definition) is 2. The van der Waals surface area contributed by atoms with E-state index >= 15 is 0 Å². The van der Waals surface area contributed by atoms with Gasteiger partial charge in [-0.3, -0.25) is 0 Å². The van der Waals surface area contributed by atoms with E-state index in [2.05, 4.69) is 21.2 Å². The van der Waals surface area contributed by atoms with Gasteiger partial charge in [-0.2, -0.15) is 0 Å². The van der Waals surface area contributed by atoms with Crippen LogP contribution in [0.3, 0.4) is 0 Å². The summed E-state index contributed by atoms with van der Waals surface area (Å²) in [6, 6.07) is 4.67. The van der Waals surface area contributed by atoms with Gasteiger partial charge in [0, 0.05) is 16.2 Å². The van der Waals surface area contributed by atoms with Crippen LogP contribution < -0.4 is 5.32 Å². The zero-order chi connectivity index (χ0) is 13.3. The zero-order valence-electron chi connectivity index (χ0n) is 9.39. The average molecular weight is 334 g/mol. The second kappa shape index (κ2) is 4.89. The van der Waals surface area contributed by atoms with E-state index in [1.807, 2.05) is 0 Å². The number of carboxylic acid groups (broad SMARTS) is 1. The molecule has 1 unspecified atom stereocenters. The third-order valence-electron chi connectivity index (χ3n) is 2.80. The van der Waals surface area contributed by atoms with E-state index in [9.17, 15) is 13.2 Å². The van der Waals surface area contributed by atoms with Crippen molar-refractivity contribution >= 4 is 37.4 Å². The third-order valence-corrected chi connectivity index (χ3v) is 5.23. The van der Waals surface area contributed by atoms with Crippen molar-refractivity contribution in [1.29, 1.82) is 0 Å². The molecular weight excluding hydrogens is 322 g/mol. The molecule has 0 aliphatic carbocycles. The molecule has 1 aromatic rings. The summed E-state index contributed by atoms with van der Waals surface area (Å²) in [5.74, 6) is -0.665. The molecule has 1 atom stereocenters. The van der Waals surface area contributed by atoms with Crippen LogP contribution >= 0.6 is 15.9 Å². The van der Waals surface area contributed by atoms with E-state index in [0.717, 1.165) is 0 Å². The molecule has 0 radical (unpaired) electrons. The van der Waals surface area contributed by atoms with Gasteiger partial charge in [-0.25, -0.2) is 13.2 Å². The van der Waals surface area contributed by atoms with Gasteiger partial charge in [0.2, 0.25) is 0 Å².